The van der Waals surface area contributed by atoms with Gasteiger partial charge in [-0.3, -0.25) is 4.98 Å². The zero-order valence-corrected chi connectivity index (χ0v) is 12.5. The first-order valence-corrected chi connectivity index (χ1v) is 6.89. The SMILES string of the molecule is CNC(Cc1ccncc1Cl)c1ccc(Cl)c(C)c1. The molecule has 0 saturated carbocycles. The molecule has 4 heteroatoms. The van der Waals surface area contributed by atoms with Gasteiger partial charge in [0.25, 0.3) is 0 Å². The van der Waals surface area contributed by atoms with E-state index in [9.17, 15) is 0 Å². The molecule has 0 aliphatic heterocycles. The van der Waals surface area contributed by atoms with Crippen LogP contribution in [0.2, 0.25) is 10.0 Å². The maximum atomic E-state index is 6.16. The lowest BCUT2D eigenvalue weighted by atomic mass is 9.98. The van der Waals surface area contributed by atoms with Gasteiger partial charge in [0.2, 0.25) is 0 Å². The van der Waals surface area contributed by atoms with E-state index in [1.807, 2.05) is 32.2 Å². The fourth-order valence-corrected chi connectivity index (χ4v) is 2.37. The minimum atomic E-state index is 0.205. The zero-order valence-electron chi connectivity index (χ0n) is 11.0. The fourth-order valence-electron chi connectivity index (χ4n) is 2.06. The minimum absolute atomic E-state index is 0.205. The van der Waals surface area contributed by atoms with Crippen molar-refractivity contribution >= 4 is 23.2 Å². The van der Waals surface area contributed by atoms with Crippen molar-refractivity contribution < 1.29 is 0 Å². The summed E-state index contributed by atoms with van der Waals surface area (Å²) in [5, 5.41) is 4.81. The monoisotopic (exact) mass is 294 g/mol. The zero-order chi connectivity index (χ0) is 13.8. The minimum Gasteiger partial charge on any atom is -0.313 e. The normalized spacial score (nSPS) is 12.4. The van der Waals surface area contributed by atoms with Crippen LogP contribution in [0.4, 0.5) is 0 Å². The van der Waals surface area contributed by atoms with Crippen LogP contribution in [0.25, 0.3) is 0 Å². The fraction of sp³-hybridized carbons (Fsp3) is 0.267. The van der Waals surface area contributed by atoms with Crippen LogP contribution in [0.15, 0.2) is 36.7 Å². The quantitative estimate of drug-likeness (QED) is 0.914. The van der Waals surface area contributed by atoms with Crippen LogP contribution in [0, 0.1) is 6.92 Å². The lowest BCUT2D eigenvalue weighted by Crippen LogP contribution is -2.19. The molecule has 2 aromatic rings. The van der Waals surface area contributed by atoms with E-state index in [1.165, 1.54) is 5.56 Å². The number of rotatable bonds is 4. The average Bonchev–Trinajstić information content (AvgIpc) is 2.41. The first kappa shape index (κ1) is 14.3. The first-order valence-electron chi connectivity index (χ1n) is 6.13. The van der Waals surface area contributed by atoms with E-state index >= 15 is 0 Å². The van der Waals surface area contributed by atoms with Gasteiger partial charge in [0.15, 0.2) is 0 Å². The van der Waals surface area contributed by atoms with Crippen molar-refractivity contribution in [2.45, 2.75) is 19.4 Å². The van der Waals surface area contributed by atoms with E-state index in [0.717, 1.165) is 22.6 Å². The predicted molar refractivity (Wildman–Crippen MR) is 80.9 cm³/mol. The smallest absolute Gasteiger partial charge is 0.0622 e. The third-order valence-electron chi connectivity index (χ3n) is 3.21. The van der Waals surface area contributed by atoms with E-state index in [2.05, 4.69) is 16.4 Å². The van der Waals surface area contributed by atoms with E-state index < -0.39 is 0 Å². The molecule has 1 unspecified atom stereocenters. The molecule has 1 aromatic carbocycles. The molecule has 2 nitrogen and oxygen atoms in total. The van der Waals surface area contributed by atoms with E-state index in [-0.39, 0.29) is 6.04 Å². The number of hydrogen-bond acceptors (Lipinski definition) is 2. The molecule has 1 aromatic heterocycles. The number of benzene rings is 1. The van der Waals surface area contributed by atoms with Gasteiger partial charge in [0.1, 0.15) is 0 Å². The van der Waals surface area contributed by atoms with Gasteiger partial charge < -0.3 is 5.32 Å². The summed E-state index contributed by atoms with van der Waals surface area (Å²) in [6.07, 6.45) is 4.26. The molecule has 1 atom stereocenters. The second-order valence-electron chi connectivity index (χ2n) is 4.52. The number of hydrogen-bond donors (Lipinski definition) is 1. The summed E-state index contributed by atoms with van der Waals surface area (Å²) < 4.78 is 0. The van der Waals surface area contributed by atoms with Gasteiger partial charge >= 0.3 is 0 Å². The maximum Gasteiger partial charge on any atom is 0.0622 e. The summed E-state index contributed by atoms with van der Waals surface area (Å²) in [6, 6.07) is 8.25. The van der Waals surface area contributed by atoms with Crippen molar-refractivity contribution in [3.63, 3.8) is 0 Å². The standard InChI is InChI=1S/C15H16Cl2N2/c1-10-7-12(3-4-13(10)16)15(18-2)8-11-5-6-19-9-14(11)17/h3-7,9,15,18H,8H2,1-2H3. The summed E-state index contributed by atoms with van der Waals surface area (Å²) in [6.45, 7) is 2.01. The molecule has 0 fully saturated rings. The Morgan fingerprint density at radius 2 is 2.00 bits per heavy atom. The highest BCUT2D eigenvalue weighted by atomic mass is 35.5. The molecule has 0 aliphatic carbocycles. The third-order valence-corrected chi connectivity index (χ3v) is 3.98. The highest BCUT2D eigenvalue weighted by Crippen LogP contribution is 2.25. The number of aromatic nitrogens is 1. The van der Waals surface area contributed by atoms with Crippen LogP contribution < -0.4 is 5.32 Å². The Balaban J connectivity index is 2.25. The Morgan fingerprint density at radius 1 is 1.21 bits per heavy atom. The average molecular weight is 295 g/mol. The van der Waals surface area contributed by atoms with Gasteiger partial charge in [-0.05, 0) is 49.2 Å². The Hall–Kier alpha value is -1.09. The second-order valence-corrected chi connectivity index (χ2v) is 5.34. The summed E-state index contributed by atoms with van der Waals surface area (Å²) in [5.41, 5.74) is 3.38. The lowest BCUT2D eigenvalue weighted by molar-refractivity contribution is 0.591. The Labute approximate surface area is 123 Å². The second kappa shape index (κ2) is 6.38. The molecule has 0 aliphatic rings. The molecule has 1 heterocycles. The molecule has 19 heavy (non-hydrogen) atoms. The van der Waals surface area contributed by atoms with Crippen LogP contribution >= 0.6 is 23.2 Å². The summed E-state index contributed by atoms with van der Waals surface area (Å²) in [5.74, 6) is 0. The molecule has 2 rings (SSSR count). The maximum absolute atomic E-state index is 6.16. The summed E-state index contributed by atoms with van der Waals surface area (Å²) in [4.78, 5) is 4.01. The molecule has 0 saturated heterocycles. The van der Waals surface area contributed by atoms with Crippen LogP contribution in [0.1, 0.15) is 22.7 Å². The molecular weight excluding hydrogens is 279 g/mol. The van der Waals surface area contributed by atoms with Crippen molar-refractivity contribution in [2.24, 2.45) is 0 Å². The number of aryl methyl sites for hydroxylation is 1. The molecule has 0 bridgehead atoms. The number of pyridine rings is 1. The van der Waals surface area contributed by atoms with Crippen molar-refractivity contribution in [3.8, 4) is 0 Å². The van der Waals surface area contributed by atoms with E-state index in [4.69, 9.17) is 23.2 Å². The van der Waals surface area contributed by atoms with Gasteiger partial charge in [-0.2, -0.15) is 0 Å². The molecule has 100 valence electrons. The van der Waals surface area contributed by atoms with Crippen LogP contribution in [-0.2, 0) is 6.42 Å². The van der Waals surface area contributed by atoms with Gasteiger partial charge in [-0.1, -0.05) is 35.3 Å². The molecule has 0 radical (unpaired) electrons. The lowest BCUT2D eigenvalue weighted by Gasteiger charge is -2.18. The van der Waals surface area contributed by atoms with Crippen molar-refractivity contribution in [1.82, 2.24) is 10.3 Å². The van der Waals surface area contributed by atoms with Crippen LogP contribution in [-0.4, -0.2) is 12.0 Å². The molecular formula is C15H16Cl2N2. The van der Waals surface area contributed by atoms with Gasteiger partial charge in [-0.15, -0.1) is 0 Å². The van der Waals surface area contributed by atoms with Crippen LogP contribution in [0.3, 0.4) is 0 Å². The Bertz CT molecular complexity index is 570. The van der Waals surface area contributed by atoms with Gasteiger partial charge in [-0.25, -0.2) is 0 Å². The Morgan fingerprint density at radius 3 is 2.63 bits per heavy atom. The van der Waals surface area contributed by atoms with Crippen molar-refractivity contribution in [1.29, 1.82) is 0 Å². The topological polar surface area (TPSA) is 24.9 Å². The largest absolute Gasteiger partial charge is 0.313 e. The van der Waals surface area contributed by atoms with Gasteiger partial charge in [0.05, 0.1) is 5.02 Å². The highest BCUT2D eigenvalue weighted by Gasteiger charge is 2.13. The first-order chi connectivity index (χ1) is 9.11. The van der Waals surface area contributed by atoms with Crippen molar-refractivity contribution in [3.05, 3.63) is 63.4 Å². The van der Waals surface area contributed by atoms with E-state index in [0.29, 0.717) is 5.02 Å². The van der Waals surface area contributed by atoms with Crippen LogP contribution in [0.5, 0.6) is 0 Å². The molecule has 1 N–H and O–H groups in total. The van der Waals surface area contributed by atoms with Gasteiger partial charge in [0, 0.05) is 23.5 Å². The molecule has 0 amide bonds. The highest BCUT2D eigenvalue weighted by molar-refractivity contribution is 6.31. The number of halogens is 2. The number of nitrogens with zero attached hydrogens (tertiary/aromatic N) is 1. The number of nitrogens with one attached hydrogen (secondary N) is 1. The Kier molecular flexibility index (Phi) is 4.81. The number of likely N-dealkylation sites (N-methyl/N-ethyl adjacent to an activating group) is 1. The predicted octanol–water partition coefficient (Wildman–Crippen LogP) is 4.20. The summed E-state index contributed by atoms with van der Waals surface area (Å²) >= 11 is 12.2. The molecule has 0 spiro atoms. The summed E-state index contributed by atoms with van der Waals surface area (Å²) in [7, 11) is 1.95. The third kappa shape index (κ3) is 3.47. The van der Waals surface area contributed by atoms with E-state index in [1.54, 1.807) is 12.4 Å². The van der Waals surface area contributed by atoms with Crippen molar-refractivity contribution in [2.75, 3.05) is 7.05 Å².